The molecule has 0 saturated heterocycles. The zero-order chi connectivity index (χ0) is 8.81. The van der Waals surface area contributed by atoms with Crippen molar-refractivity contribution >= 4 is 44.2 Å². The van der Waals surface area contributed by atoms with Gasteiger partial charge < -0.3 is 5.32 Å². The summed E-state index contributed by atoms with van der Waals surface area (Å²) in [7, 11) is 0. The zero-order valence-electron chi connectivity index (χ0n) is 6.84. The monoisotopic (exact) mass is 266 g/mol. The van der Waals surface area contributed by atoms with Crippen molar-refractivity contribution in [2.24, 2.45) is 0 Å². The number of thiazole rings is 1. The molecule has 0 saturated carbocycles. The van der Waals surface area contributed by atoms with Crippen molar-refractivity contribution in [2.45, 2.75) is 6.42 Å². The third kappa shape index (κ3) is 3.78. The van der Waals surface area contributed by atoms with Gasteiger partial charge in [0.2, 0.25) is 0 Å². The largest absolute Gasteiger partial charge is 0.361 e. The molecule has 0 amide bonds. The minimum Gasteiger partial charge on any atom is -0.361 e. The normalized spacial score (nSPS) is 10.2. The molecular formula is C7H11BrN2S2. The van der Waals surface area contributed by atoms with E-state index in [1.165, 1.54) is 12.2 Å². The molecule has 0 spiro atoms. The Morgan fingerprint density at radius 1 is 1.75 bits per heavy atom. The van der Waals surface area contributed by atoms with Gasteiger partial charge in [0.25, 0.3) is 0 Å². The van der Waals surface area contributed by atoms with Gasteiger partial charge in [0.05, 0.1) is 0 Å². The molecule has 12 heavy (non-hydrogen) atoms. The first kappa shape index (κ1) is 10.3. The fourth-order valence-electron chi connectivity index (χ4n) is 0.747. The van der Waals surface area contributed by atoms with Crippen LogP contribution in [0.15, 0.2) is 9.98 Å². The van der Waals surface area contributed by atoms with Crippen LogP contribution in [0, 0.1) is 0 Å². The van der Waals surface area contributed by atoms with E-state index in [0.29, 0.717) is 0 Å². The summed E-state index contributed by atoms with van der Waals surface area (Å²) in [4.78, 5) is 4.23. The molecule has 1 N–H and O–H groups in total. The van der Waals surface area contributed by atoms with Gasteiger partial charge in [0.1, 0.15) is 4.60 Å². The molecule has 0 radical (unpaired) electrons. The molecule has 0 bridgehead atoms. The first-order valence-corrected chi connectivity index (χ1v) is 6.73. The maximum Gasteiger partial charge on any atom is 0.183 e. The van der Waals surface area contributed by atoms with E-state index in [2.05, 4.69) is 32.5 Å². The highest BCUT2D eigenvalue weighted by Crippen LogP contribution is 2.19. The van der Waals surface area contributed by atoms with Crippen molar-refractivity contribution in [3.05, 3.63) is 9.98 Å². The lowest BCUT2D eigenvalue weighted by molar-refractivity contribution is 0.988. The molecule has 0 fully saturated rings. The first-order valence-electron chi connectivity index (χ1n) is 3.67. The van der Waals surface area contributed by atoms with Crippen LogP contribution in [0.4, 0.5) is 5.13 Å². The SMILES string of the molecule is CSCCCNc1nc(Br)cs1. The number of hydrogen-bond acceptors (Lipinski definition) is 4. The predicted octanol–water partition coefficient (Wildman–Crippen LogP) is 3.07. The van der Waals surface area contributed by atoms with Crippen molar-refractivity contribution in [1.29, 1.82) is 0 Å². The molecule has 0 aliphatic carbocycles. The van der Waals surface area contributed by atoms with Crippen molar-refractivity contribution in [3.63, 3.8) is 0 Å². The van der Waals surface area contributed by atoms with E-state index in [0.717, 1.165) is 16.3 Å². The van der Waals surface area contributed by atoms with Gasteiger partial charge in [-0.05, 0) is 34.4 Å². The standard InChI is InChI=1S/C7H11BrN2S2/c1-11-4-2-3-9-7-10-6(8)5-12-7/h5H,2-4H2,1H3,(H,9,10). The molecule has 0 aliphatic rings. The molecular weight excluding hydrogens is 256 g/mol. The summed E-state index contributed by atoms with van der Waals surface area (Å²) in [5.41, 5.74) is 0. The average Bonchev–Trinajstić information content (AvgIpc) is 2.45. The Bertz CT molecular complexity index is 227. The average molecular weight is 267 g/mol. The number of nitrogens with one attached hydrogen (secondary N) is 1. The topological polar surface area (TPSA) is 24.9 Å². The van der Waals surface area contributed by atoms with E-state index >= 15 is 0 Å². The van der Waals surface area contributed by atoms with Crippen LogP contribution in [0.3, 0.4) is 0 Å². The van der Waals surface area contributed by atoms with Gasteiger partial charge in [-0.3, -0.25) is 0 Å². The Morgan fingerprint density at radius 2 is 2.58 bits per heavy atom. The number of hydrogen-bond donors (Lipinski definition) is 1. The molecule has 1 aromatic rings. The highest BCUT2D eigenvalue weighted by atomic mass is 79.9. The molecule has 0 atom stereocenters. The number of halogens is 1. The van der Waals surface area contributed by atoms with Gasteiger partial charge in [0, 0.05) is 11.9 Å². The van der Waals surface area contributed by atoms with Crippen molar-refractivity contribution in [2.75, 3.05) is 23.9 Å². The molecule has 0 aliphatic heterocycles. The summed E-state index contributed by atoms with van der Waals surface area (Å²) in [5, 5.41) is 6.25. The molecule has 0 aromatic carbocycles. The van der Waals surface area contributed by atoms with Gasteiger partial charge in [-0.25, -0.2) is 4.98 Å². The minimum absolute atomic E-state index is 0.917. The van der Waals surface area contributed by atoms with Crippen molar-refractivity contribution in [1.82, 2.24) is 4.98 Å². The first-order chi connectivity index (χ1) is 5.83. The van der Waals surface area contributed by atoms with Crippen LogP contribution in [0.25, 0.3) is 0 Å². The molecule has 5 heteroatoms. The quantitative estimate of drug-likeness (QED) is 0.830. The van der Waals surface area contributed by atoms with E-state index in [4.69, 9.17) is 0 Å². The van der Waals surface area contributed by atoms with Crippen LogP contribution < -0.4 is 5.32 Å². The fourth-order valence-corrected chi connectivity index (χ4v) is 2.35. The maximum atomic E-state index is 4.23. The molecule has 0 unspecified atom stereocenters. The summed E-state index contributed by atoms with van der Waals surface area (Å²) in [6.07, 6.45) is 3.32. The lowest BCUT2D eigenvalue weighted by Crippen LogP contribution is -2.01. The fraction of sp³-hybridized carbons (Fsp3) is 0.571. The van der Waals surface area contributed by atoms with Gasteiger partial charge in [-0.1, -0.05) is 0 Å². The number of thioether (sulfide) groups is 1. The second-order valence-corrected chi connectivity index (χ2v) is 4.90. The van der Waals surface area contributed by atoms with E-state index in [1.807, 2.05) is 17.1 Å². The summed E-state index contributed by atoms with van der Waals surface area (Å²) in [6, 6.07) is 0. The van der Waals surface area contributed by atoms with Crippen LogP contribution in [0.1, 0.15) is 6.42 Å². The van der Waals surface area contributed by atoms with E-state index in [-0.39, 0.29) is 0 Å². The van der Waals surface area contributed by atoms with Crippen LogP contribution in [-0.2, 0) is 0 Å². The second kappa shape index (κ2) is 5.83. The van der Waals surface area contributed by atoms with E-state index < -0.39 is 0 Å². The molecule has 1 rings (SSSR count). The Hall–Kier alpha value is 0.260. The van der Waals surface area contributed by atoms with Gasteiger partial charge in [-0.15, -0.1) is 11.3 Å². The highest BCUT2D eigenvalue weighted by molar-refractivity contribution is 9.10. The van der Waals surface area contributed by atoms with E-state index in [9.17, 15) is 0 Å². The van der Waals surface area contributed by atoms with Crippen LogP contribution in [0.2, 0.25) is 0 Å². The summed E-state index contributed by atoms with van der Waals surface area (Å²) in [6.45, 7) is 1.01. The molecule has 1 heterocycles. The lowest BCUT2D eigenvalue weighted by atomic mass is 10.5. The van der Waals surface area contributed by atoms with Crippen LogP contribution in [0.5, 0.6) is 0 Å². The third-order valence-corrected chi connectivity index (χ3v) is 3.48. The molecule has 2 nitrogen and oxygen atoms in total. The number of anilines is 1. The Kier molecular flexibility index (Phi) is 5.02. The summed E-state index contributed by atoms with van der Waals surface area (Å²) in [5.74, 6) is 1.21. The third-order valence-electron chi connectivity index (χ3n) is 1.28. The number of nitrogens with zero attached hydrogens (tertiary/aromatic N) is 1. The Balaban J connectivity index is 2.15. The Labute approximate surface area is 89.3 Å². The Morgan fingerprint density at radius 3 is 3.17 bits per heavy atom. The maximum absolute atomic E-state index is 4.23. The van der Waals surface area contributed by atoms with Crippen molar-refractivity contribution < 1.29 is 0 Å². The summed E-state index contributed by atoms with van der Waals surface area (Å²) < 4.78 is 0.917. The molecule has 68 valence electrons. The van der Waals surface area contributed by atoms with Crippen molar-refractivity contribution in [3.8, 4) is 0 Å². The van der Waals surface area contributed by atoms with Crippen LogP contribution >= 0.6 is 39.0 Å². The van der Waals surface area contributed by atoms with Gasteiger partial charge in [0.15, 0.2) is 5.13 Å². The van der Waals surface area contributed by atoms with Crippen LogP contribution in [-0.4, -0.2) is 23.5 Å². The lowest BCUT2D eigenvalue weighted by Gasteiger charge is -1.99. The minimum atomic E-state index is 0.917. The van der Waals surface area contributed by atoms with E-state index in [1.54, 1.807) is 11.3 Å². The second-order valence-electron chi connectivity index (χ2n) is 2.25. The summed E-state index contributed by atoms with van der Waals surface area (Å²) >= 11 is 6.82. The number of rotatable bonds is 5. The van der Waals surface area contributed by atoms with Gasteiger partial charge >= 0.3 is 0 Å². The predicted molar refractivity (Wildman–Crippen MR) is 61.3 cm³/mol. The molecule has 1 aromatic heterocycles. The highest BCUT2D eigenvalue weighted by Gasteiger charge is 1.96. The number of aromatic nitrogens is 1. The van der Waals surface area contributed by atoms with Gasteiger partial charge in [-0.2, -0.15) is 11.8 Å². The zero-order valence-corrected chi connectivity index (χ0v) is 10.1. The smallest absolute Gasteiger partial charge is 0.183 e.